The van der Waals surface area contributed by atoms with E-state index in [1.165, 1.54) is 17.1 Å². The van der Waals surface area contributed by atoms with Gasteiger partial charge in [-0.1, -0.05) is 0 Å². The molecular weight excluding hydrogens is 401 g/mol. The van der Waals surface area contributed by atoms with E-state index in [0.29, 0.717) is 24.9 Å². The summed E-state index contributed by atoms with van der Waals surface area (Å²) < 4.78 is 18.6. The van der Waals surface area contributed by atoms with Crippen molar-refractivity contribution in [3.8, 4) is 11.5 Å². The lowest BCUT2D eigenvalue weighted by molar-refractivity contribution is 0.463. The molecule has 1 fully saturated rings. The van der Waals surface area contributed by atoms with E-state index in [1.54, 1.807) is 36.8 Å². The van der Waals surface area contributed by atoms with Gasteiger partial charge in [-0.3, -0.25) is 4.99 Å². The van der Waals surface area contributed by atoms with Crippen LogP contribution in [0, 0.1) is 5.82 Å². The Hall–Kier alpha value is -2.87. The van der Waals surface area contributed by atoms with Crippen molar-refractivity contribution in [3.63, 3.8) is 0 Å². The van der Waals surface area contributed by atoms with Gasteiger partial charge in [0.05, 0.1) is 10.7 Å². The molecular formula is C22H26FN5OS. The fraction of sp³-hybridized carbons (Fsp3) is 0.364. The van der Waals surface area contributed by atoms with Crippen LogP contribution in [0.2, 0.25) is 0 Å². The van der Waals surface area contributed by atoms with E-state index in [-0.39, 0.29) is 5.82 Å². The standard InChI is InChI=1S/C22H26FN5OS/c1-24-22(27-18-9-12-28(13-10-18)20-3-2-14-30-20)25-11-8-19-15-29-21(26-19)16-4-6-17(23)7-5-16/h2-7,14-15,18H,8-13H2,1H3,(H2,24,25,27). The summed E-state index contributed by atoms with van der Waals surface area (Å²) in [5.41, 5.74) is 1.61. The third kappa shape index (κ3) is 5.18. The molecule has 0 spiro atoms. The molecule has 158 valence electrons. The topological polar surface area (TPSA) is 65.7 Å². The number of rotatable bonds is 6. The van der Waals surface area contributed by atoms with Crippen molar-refractivity contribution in [2.24, 2.45) is 4.99 Å². The third-order valence-electron chi connectivity index (χ3n) is 5.19. The SMILES string of the molecule is CN=C(NCCc1coc(-c2ccc(F)cc2)n1)NC1CCN(c2cccs2)CC1. The van der Waals surface area contributed by atoms with Crippen LogP contribution >= 0.6 is 11.3 Å². The third-order valence-corrected chi connectivity index (χ3v) is 6.12. The van der Waals surface area contributed by atoms with Crippen LogP contribution in [0.4, 0.5) is 9.39 Å². The summed E-state index contributed by atoms with van der Waals surface area (Å²) >= 11 is 1.80. The van der Waals surface area contributed by atoms with Crippen LogP contribution in [0.1, 0.15) is 18.5 Å². The van der Waals surface area contributed by atoms with E-state index in [0.717, 1.165) is 43.1 Å². The highest BCUT2D eigenvalue weighted by Gasteiger charge is 2.20. The zero-order valence-corrected chi connectivity index (χ0v) is 17.8. The van der Waals surface area contributed by atoms with Crippen LogP contribution in [0.15, 0.2) is 57.5 Å². The molecule has 0 aliphatic carbocycles. The van der Waals surface area contributed by atoms with E-state index in [4.69, 9.17) is 4.42 Å². The number of aromatic nitrogens is 1. The molecule has 0 amide bonds. The van der Waals surface area contributed by atoms with Crippen LogP contribution in [-0.4, -0.2) is 43.7 Å². The van der Waals surface area contributed by atoms with Crippen molar-refractivity contribution in [2.75, 3.05) is 31.6 Å². The van der Waals surface area contributed by atoms with Gasteiger partial charge < -0.3 is 20.0 Å². The zero-order valence-electron chi connectivity index (χ0n) is 17.0. The van der Waals surface area contributed by atoms with Crippen molar-refractivity contribution in [1.29, 1.82) is 0 Å². The Balaban J connectivity index is 1.21. The molecule has 1 saturated heterocycles. The number of anilines is 1. The Labute approximate surface area is 179 Å². The molecule has 6 nitrogen and oxygen atoms in total. The minimum absolute atomic E-state index is 0.272. The van der Waals surface area contributed by atoms with Gasteiger partial charge in [-0.2, -0.15) is 0 Å². The number of aliphatic imine (C=N–C) groups is 1. The predicted molar refractivity (Wildman–Crippen MR) is 120 cm³/mol. The normalized spacial score (nSPS) is 15.4. The number of guanidine groups is 1. The number of hydrogen-bond donors (Lipinski definition) is 2. The maximum atomic E-state index is 13.1. The number of oxazole rings is 1. The second-order valence-electron chi connectivity index (χ2n) is 7.26. The van der Waals surface area contributed by atoms with E-state index in [2.05, 4.69) is 43.0 Å². The smallest absolute Gasteiger partial charge is 0.226 e. The number of nitrogens with zero attached hydrogens (tertiary/aromatic N) is 3. The number of halogens is 1. The Morgan fingerprint density at radius 2 is 2.07 bits per heavy atom. The minimum atomic E-state index is -0.272. The molecule has 3 aromatic rings. The number of nitrogens with one attached hydrogen (secondary N) is 2. The highest BCUT2D eigenvalue weighted by Crippen LogP contribution is 2.24. The molecule has 2 aromatic heterocycles. The molecule has 30 heavy (non-hydrogen) atoms. The van der Waals surface area contributed by atoms with Gasteiger partial charge in [0.15, 0.2) is 5.96 Å². The lowest BCUT2D eigenvalue weighted by Crippen LogP contribution is -2.49. The highest BCUT2D eigenvalue weighted by atomic mass is 32.1. The minimum Gasteiger partial charge on any atom is -0.444 e. The summed E-state index contributed by atoms with van der Waals surface area (Å²) in [5, 5.41) is 10.4. The predicted octanol–water partition coefficient (Wildman–Crippen LogP) is 3.92. The van der Waals surface area contributed by atoms with Gasteiger partial charge >= 0.3 is 0 Å². The molecule has 0 radical (unpaired) electrons. The molecule has 3 heterocycles. The molecule has 4 rings (SSSR count). The highest BCUT2D eigenvalue weighted by molar-refractivity contribution is 7.14. The van der Waals surface area contributed by atoms with Crippen LogP contribution in [-0.2, 0) is 6.42 Å². The number of benzene rings is 1. The Kier molecular flexibility index (Phi) is 6.63. The number of piperidine rings is 1. The van der Waals surface area contributed by atoms with Gasteiger partial charge in [0.25, 0.3) is 0 Å². The first-order valence-electron chi connectivity index (χ1n) is 10.2. The molecule has 0 atom stereocenters. The van der Waals surface area contributed by atoms with Gasteiger partial charge in [-0.15, -0.1) is 11.3 Å². The van der Waals surface area contributed by atoms with Crippen molar-refractivity contribution < 1.29 is 8.81 Å². The van der Waals surface area contributed by atoms with Gasteiger partial charge in [-0.25, -0.2) is 9.37 Å². The van der Waals surface area contributed by atoms with E-state index in [1.807, 2.05) is 0 Å². The summed E-state index contributed by atoms with van der Waals surface area (Å²) in [6.45, 7) is 2.81. The van der Waals surface area contributed by atoms with Crippen molar-refractivity contribution in [1.82, 2.24) is 15.6 Å². The van der Waals surface area contributed by atoms with Crippen molar-refractivity contribution >= 4 is 22.3 Å². The van der Waals surface area contributed by atoms with Gasteiger partial charge in [0.2, 0.25) is 5.89 Å². The lowest BCUT2D eigenvalue weighted by Gasteiger charge is -2.33. The van der Waals surface area contributed by atoms with E-state index >= 15 is 0 Å². The Morgan fingerprint density at radius 3 is 2.77 bits per heavy atom. The van der Waals surface area contributed by atoms with E-state index in [9.17, 15) is 4.39 Å². The molecule has 0 bridgehead atoms. The Morgan fingerprint density at radius 1 is 1.27 bits per heavy atom. The molecule has 1 aromatic carbocycles. The summed E-state index contributed by atoms with van der Waals surface area (Å²) in [5.74, 6) is 1.04. The van der Waals surface area contributed by atoms with Gasteiger partial charge in [0, 0.05) is 44.7 Å². The van der Waals surface area contributed by atoms with Crippen LogP contribution < -0.4 is 15.5 Å². The average Bonchev–Trinajstić information content (AvgIpc) is 3.47. The molecule has 1 aliphatic heterocycles. The fourth-order valence-electron chi connectivity index (χ4n) is 3.54. The van der Waals surface area contributed by atoms with Crippen molar-refractivity contribution in [2.45, 2.75) is 25.3 Å². The molecule has 1 aliphatic rings. The molecule has 0 saturated carbocycles. The maximum absolute atomic E-state index is 13.1. The largest absolute Gasteiger partial charge is 0.444 e. The number of thiophene rings is 1. The quantitative estimate of drug-likeness (QED) is 0.461. The molecule has 2 N–H and O–H groups in total. The van der Waals surface area contributed by atoms with Gasteiger partial charge in [0.1, 0.15) is 12.1 Å². The first-order chi connectivity index (χ1) is 14.7. The maximum Gasteiger partial charge on any atom is 0.226 e. The summed E-state index contributed by atoms with van der Waals surface area (Å²) in [4.78, 5) is 11.3. The second kappa shape index (κ2) is 9.75. The van der Waals surface area contributed by atoms with Crippen LogP contribution in [0.3, 0.4) is 0 Å². The number of hydrogen-bond acceptors (Lipinski definition) is 5. The first-order valence-corrected chi connectivity index (χ1v) is 11.1. The lowest BCUT2D eigenvalue weighted by atomic mass is 10.1. The summed E-state index contributed by atoms with van der Waals surface area (Å²) in [6, 6.07) is 10.8. The molecule has 8 heteroatoms. The Bertz CT molecular complexity index is 946. The summed E-state index contributed by atoms with van der Waals surface area (Å²) in [7, 11) is 1.79. The van der Waals surface area contributed by atoms with Crippen LogP contribution in [0.25, 0.3) is 11.5 Å². The molecule has 0 unspecified atom stereocenters. The zero-order chi connectivity index (χ0) is 20.8. The fourth-order valence-corrected chi connectivity index (χ4v) is 4.32. The monoisotopic (exact) mass is 427 g/mol. The van der Waals surface area contributed by atoms with E-state index < -0.39 is 0 Å². The van der Waals surface area contributed by atoms with Crippen LogP contribution in [0.5, 0.6) is 0 Å². The summed E-state index contributed by atoms with van der Waals surface area (Å²) in [6.07, 6.45) is 4.53. The average molecular weight is 428 g/mol. The second-order valence-corrected chi connectivity index (χ2v) is 8.18. The van der Waals surface area contributed by atoms with Gasteiger partial charge in [-0.05, 0) is 54.6 Å². The van der Waals surface area contributed by atoms with Crippen molar-refractivity contribution in [3.05, 3.63) is 59.6 Å². The first kappa shape index (κ1) is 20.4.